The van der Waals surface area contributed by atoms with Crippen LogP contribution in [0.5, 0.6) is 0 Å². The fraction of sp³-hybridized carbons (Fsp3) is 1.00. The second-order valence-corrected chi connectivity index (χ2v) is 6.26. The van der Waals surface area contributed by atoms with Crippen molar-refractivity contribution in [2.75, 3.05) is 0 Å². The van der Waals surface area contributed by atoms with E-state index >= 15 is 0 Å². The maximum Gasteiger partial charge on any atom is 0.0683 e. The predicted octanol–water partition coefficient (Wildman–Crippen LogP) is 3.61. The van der Waals surface area contributed by atoms with Gasteiger partial charge in [0.05, 0.1) is 5.60 Å². The average molecular weight is 198 g/mol. The predicted molar refractivity (Wildman–Crippen MR) is 61.2 cm³/mol. The van der Waals surface area contributed by atoms with Crippen molar-refractivity contribution in [2.24, 2.45) is 17.3 Å². The topological polar surface area (TPSA) is 20.2 Å². The second-order valence-electron chi connectivity index (χ2n) is 6.26. The molecule has 84 valence electrons. The van der Waals surface area contributed by atoms with Gasteiger partial charge >= 0.3 is 0 Å². The van der Waals surface area contributed by atoms with Crippen LogP contribution in [0, 0.1) is 17.3 Å². The number of hydrogen-bond donors (Lipinski definition) is 1. The van der Waals surface area contributed by atoms with Crippen molar-refractivity contribution in [1.82, 2.24) is 0 Å². The maximum absolute atomic E-state index is 10.3. The van der Waals surface area contributed by atoms with Gasteiger partial charge in [-0.2, -0.15) is 0 Å². The van der Waals surface area contributed by atoms with E-state index in [1.807, 2.05) is 0 Å². The van der Waals surface area contributed by atoms with Crippen LogP contribution < -0.4 is 0 Å². The van der Waals surface area contributed by atoms with Crippen LogP contribution in [0.4, 0.5) is 0 Å². The molecule has 0 aromatic heterocycles. The summed E-state index contributed by atoms with van der Waals surface area (Å²) in [5.74, 6) is 1.20. The Labute approximate surface area is 88.9 Å². The van der Waals surface area contributed by atoms with Crippen LogP contribution in [-0.4, -0.2) is 10.7 Å². The van der Waals surface area contributed by atoms with E-state index in [0.717, 1.165) is 12.8 Å². The summed E-state index contributed by atoms with van der Waals surface area (Å²) in [6.07, 6.45) is 4.44. The van der Waals surface area contributed by atoms with Gasteiger partial charge in [0.1, 0.15) is 0 Å². The van der Waals surface area contributed by atoms with Crippen LogP contribution in [-0.2, 0) is 0 Å². The SMILES string of the molecule is CCCC1CC1(O)CC(C)C(C)(C)C. The molecule has 0 aliphatic heterocycles. The molecule has 1 fully saturated rings. The lowest BCUT2D eigenvalue weighted by Gasteiger charge is -2.29. The maximum atomic E-state index is 10.3. The highest BCUT2D eigenvalue weighted by molar-refractivity contribution is 5.04. The van der Waals surface area contributed by atoms with E-state index in [4.69, 9.17) is 0 Å². The lowest BCUT2D eigenvalue weighted by molar-refractivity contribution is 0.0740. The normalized spacial score (nSPS) is 34.3. The minimum atomic E-state index is -0.303. The molecule has 1 N–H and O–H groups in total. The molecule has 0 saturated heterocycles. The third-order valence-electron chi connectivity index (χ3n) is 3.97. The Morgan fingerprint density at radius 1 is 1.43 bits per heavy atom. The highest BCUT2D eigenvalue weighted by Crippen LogP contribution is 2.52. The smallest absolute Gasteiger partial charge is 0.0683 e. The van der Waals surface area contributed by atoms with Crippen molar-refractivity contribution in [3.05, 3.63) is 0 Å². The summed E-state index contributed by atoms with van der Waals surface area (Å²) in [7, 11) is 0. The molecule has 0 amide bonds. The monoisotopic (exact) mass is 198 g/mol. The van der Waals surface area contributed by atoms with E-state index in [1.54, 1.807) is 0 Å². The summed E-state index contributed by atoms with van der Waals surface area (Å²) < 4.78 is 0. The first kappa shape index (κ1) is 12.0. The molecule has 0 bridgehead atoms. The molecule has 14 heavy (non-hydrogen) atoms. The molecule has 1 heteroatoms. The molecule has 1 aliphatic carbocycles. The van der Waals surface area contributed by atoms with Gasteiger partial charge in [-0.05, 0) is 36.5 Å². The van der Waals surface area contributed by atoms with Crippen molar-refractivity contribution in [2.45, 2.75) is 65.9 Å². The third-order valence-corrected chi connectivity index (χ3v) is 3.97. The van der Waals surface area contributed by atoms with Crippen molar-refractivity contribution in [3.8, 4) is 0 Å². The van der Waals surface area contributed by atoms with Crippen LogP contribution in [0.1, 0.15) is 60.3 Å². The van der Waals surface area contributed by atoms with Crippen LogP contribution in [0.15, 0.2) is 0 Å². The average Bonchev–Trinajstić information content (AvgIpc) is 2.60. The minimum absolute atomic E-state index is 0.303. The van der Waals surface area contributed by atoms with Crippen molar-refractivity contribution >= 4 is 0 Å². The summed E-state index contributed by atoms with van der Waals surface area (Å²) in [6.45, 7) is 11.2. The molecular formula is C13H26O. The lowest BCUT2D eigenvalue weighted by Crippen LogP contribution is -2.25. The highest BCUT2D eigenvalue weighted by Gasteiger charge is 2.52. The van der Waals surface area contributed by atoms with Gasteiger partial charge in [0.25, 0.3) is 0 Å². The van der Waals surface area contributed by atoms with Gasteiger partial charge in [-0.1, -0.05) is 41.0 Å². The van der Waals surface area contributed by atoms with Gasteiger partial charge in [-0.3, -0.25) is 0 Å². The van der Waals surface area contributed by atoms with Crippen LogP contribution in [0.2, 0.25) is 0 Å². The van der Waals surface area contributed by atoms with Gasteiger partial charge in [-0.15, -0.1) is 0 Å². The van der Waals surface area contributed by atoms with Gasteiger partial charge in [0.2, 0.25) is 0 Å². The van der Waals surface area contributed by atoms with Crippen molar-refractivity contribution < 1.29 is 5.11 Å². The van der Waals surface area contributed by atoms with Gasteiger partial charge < -0.3 is 5.11 Å². The van der Waals surface area contributed by atoms with Gasteiger partial charge in [0, 0.05) is 0 Å². The first-order chi connectivity index (χ1) is 6.29. The van der Waals surface area contributed by atoms with E-state index < -0.39 is 0 Å². The molecule has 0 heterocycles. The molecule has 0 aromatic carbocycles. The molecule has 1 rings (SSSR count). The summed E-state index contributed by atoms with van der Waals surface area (Å²) in [4.78, 5) is 0. The van der Waals surface area contributed by atoms with E-state index in [-0.39, 0.29) is 5.60 Å². The minimum Gasteiger partial charge on any atom is -0.390 e. The molecule has 0 spiro atoms. The van der Waals surface area contributed by atoms with Crippen LogP contribution >= 0.6 is 0 Å². The van der Waals surface area contributed by atoms with E-state index in [1.165, 1.54) is 12.8 Å². The molecule has 3 atom stereocenters. The first-order valence-electron chi connectivity index (χ1n) is 6.02. The lowest BCUT2D eigenvalue weighted by atomic mass is 9.78. The summed E-state index contributed by atoms with van der Waals surface area (Å²) in [5.41, 5.74) is 0.0256. The summed E-state index contributed by atoms with van der Waals surface area (Å²) in [5, 5.41) is 10.3. The Kier molecular flexibility index (Phi) is 3.30. The van der Waals surface area contributed by atoms with Gasteiger partial charge in [0.15, 0.2) is 0 Å². The van der Waals surface area contributed by atoms with E-state index in [0.29, 0.717) is 17.3 Å². The zero-order chi connectivity index (χ0) is 11.0. The van der Waals surface area contributed by atoms with Gasteiger partial charge in [-0.25, -0.2) is 0 Å². The largest absolute Gasteiger partial charge is 0.390 e. The Balaban J connectivity index is 2.39. The summed E-state index contributed by atoms with van der Waals surface area (Å²) in [6, 6.07) is 0. The molecule has 1 nitrogen and oxygen atoms in total. The summed E-state index contributed by atoms with van der Waals surface area (Å²) >= 11 is 0. The molecule has 0 aromatic rings. The van der Waals surface area contributed by atoms with E-state index in [9.17, 15) is 5.11 Å². The highest BCUT2D eigenvalue weighted by atomic mass is 16.3. The third kappa shape index (κ3) is 2.73. The molecule has 3 unspecified atom stereocenters. The fourth-order valence-corrected chi connectivity index (χ4v) is 2.17. The van der Waals surface area contributed by atoms with E-state index in [2.05, 4.69) is 34.6 Å². The van der Waals surface area contributed by atoms with Crippen molar-refractivity contribution in [1.29, 1.82) is 0 Å². The Morgan fingerprint density at radius 2 is 2.00 bits per heavy atom. The molecule has 1 saturated carbocycles. The zero-order valence-corrected chi connectivity index (χ0v) is 10.4. The fourth-order valence-electron chi connectivity index (χ4n) is 2.17. The first-order valence-corrected chi connectivity index (χ1v) is 6.02. The number of rotatable bonds is 4. The number of hydrogen-bond acceptors (Lipinski definition) is 1. The second kappa shape index (κ2) is 3.84. The Bertz CT molecular complexity index is 192. The quantitative estimate of drug-likeness (QED) is 0.731. The number of aliphatic hydroxyl groups is 1. The Morgan fingerprint density at radius 3 is 2.43 bits per heavy atom. The zero-order valence-electron chi connectivity index (χ0n) is 10.4. The molecular weight excluding hydrogens is 172 g/mol. The molecule has 1 aliphatic rings. The standard InChI is InChI=1S/C13H26O/c1-6-7-11-9-13(11,14)8-10(2)12(3,4)5/h10-11,14H,6-9H2,1-5H3. The molecule has 0 radical (unpaired) electrons. The van der Waals surface area contributed by atoms with Crippen LogP contribution in [0.25, 0.3) is 0 Å². The van der Waals surface area contributed by atoms with Crippen LogP contribution in [0.3, 0.4) is 0 Å². The van der Waals surface area contributed by atoms with Crippen molar-refractivity contribution in [3.63, 3.8) is 0 Å². The Hall–Kier alpha value is -0.0400.